The highest BCUT2D eigenvalue weighted by Gasteiger charge is 2.21. The van der Waals surface area contributed by atoms with Crippen LogP contribution in [0.4, 0.5) is 4.39 Å². The Balaban J connectivity index is 2.17. The van der Waals surface area contributed by atoms with Gasteiger partial charge in [0.25, 0.3) is 0 Å². The number of thioether (sulfide) groups is 1. The fourth-order valence-corrected chi connectivity index (χ4v) is 3.06. The van der Waals surface area contributed by atoms with Crippen LogP contribution in [0.3, 0.4) is 0 Å². The summed E-state index contributed by atoms with van der Waals surface area (Å²) in [7, 11) is 1.60. The molecule has 7 heteroatoms. The number of halogens is 1. The molecule has 1 aromatic carbocycles. The van der Waals surface area contributed by atoms with Crippen molar-refractivity contribution in [2.75, 3.05) is 12.9 Å². The number of hydrogen-bond acceptors (Lipinski definition) is 5. The van der Waals surface area contributed by atoms with Gasteiger partial charge in [-0.1, -0.05) is 12.1 Å². The molecule has 0 fully saturated rings. The summed E-state index contributed by atoms with van der Waals surface area (Å²) in [5.74, 6) is 6.68. The number of nitrogens with one attached hydrogen (secondary N) is 1. The molecule has 1 unspecified atom stereocenters. The van der Waals surface area contributed by atoms with Crippen molar-refractivity contribution >= 4 is 11.8 Å². The van der Waals surface area contributed by atoms with Gasteiger partial charge >= 0.3 is 0 Å². The topological polar surface area (TPSA) is 65.1 Å². The molecular formula is C14H19FN4OS. The molecule has 2 rings (SSSR count). The van der Waals surface area contributed by atoms with Crippen LogP contribution in [0, 0.1) is 5.82 Å². The third kappa shape index (κ3) is 3.55. The van der Waals surface area contributed by atoms with E-state index in [1.165, 1.54) is 17.8 Å². The van der Waals surface area contributed by atoms with Crippen LogP contribution in [0.5, 0.6) is 5.75 Å². The second-order valence-electron chi connectivity index (χ2n) is 4.37. The maximum Gasteiger partial charge on any atom is 0.161 e. The van der Waals surface area contributed by atoms with Crippen molar-refractivity contribution in [1.29, 1.82) is 0 Å². The molecule has 0 aliphatic rings. The minimum absolute atomic E-state index is 0.188. The predicted octanol–water partition coefficient (Wildman–Crippen LogP) is 2.35. The van der Waals surface area contributed by atoms with E-state index in [-0.39, 0.29) is 11.9 Å². The van der Waals surface area contributed by atoms with Crippen LogP contribution in [-0.2, 0) is 6.54 Å². The molecule has 0 aliphatic carbocycles. The zero-order chi connectivity index (χ0) is 15.2. The van der Waals surface area contributed by atoms with E-state index in [0.29, 0.717) is 22.9 Å². The van der Waals surface area contributed by atoms with Gasteiger partial charge in [0.1, 0.15) is 5.82 Å². The molecule has 1 aromatic heterocycles. The van der Waals surface area contributed by atoms with Gasteiger partial charge in [-0.15, -0.1) is 11.8 Å². The second-order valence-corrected chi connectivity index (χ2v) is 5.44. The highest BCUT2D eigenvalue weighted by molar-refractivity contribution is 7.99. The highest BCUT2D eigenvalue weighted by Crippen LogP contribution is 2.30. The summed E-state index contributed by atoms with van der Waals surface area (Å²) in [6, 6.07) is 6.50. The van der Waals surface area contributed by atoms with Crippen LogP contribution in [-0.4, -0.2) is 22.6 Å². The van der Waals surface area contributed by atoms with E-state index in [1.807, 2.05) is 17.7 Å². The Hall–Kier alpha value is -1.57. The second kappa shape index (κ2) is 7.44. The SMILES string of the molecule is CCn1ncc(OC)c1C(CSc1ccccc1F)NN. The van der Waals surface area contributed by atoms with Crippen LogP contribution in [0.25, 0.3) is 0 Å². The molecule has 2 aromatic rings. The van der Waals surface area contributed by atoms with Gasteiger partial charge in [-0.05, 0) is 19.1 Å². The molecular weight excluding hydrogens is 291 g/mol. The molecule has 114 valence electrons. The molecule has 0 amide bonds. The number of nitrogens with zero attached hydrogens (tertiary/aromatic N) is 2. The normalized spacial score (nSPS) is 12.4. The molecule has 0 saturated carbocycles. The molecule has 0 radical (unpaired) electrons. The molecule has 0 aliphatic heterocycles. The molecule has 5 nitrogen and oxygen atoms in total. The van der Waals surface area contributed by atoms with Crippen molar-refractivity contribution in [3.8, 4) is 5.75 Å². The molecule has 1 atom stereocenters. The standard InChI is InChI=1S/C14H19FN4OS/c1-3-19-14(12(20-2)8-17-19)11(18-16)9-21-13-7-5-4-6-10(13)15/h4-8,11,18H,3,9,16H2,1-2H3. The zero-order valence-electron chi connectivity index (χ0n) is 12.0. The Morgan fingerprint density at radius 1 is 1.48 bits per heavy atom. The van der Waals surface area contributed by atoms with Crippen molar-refractivity contribution in [2.45, 2.75) is 24.4 Å². The van der Waals surface area contributed by atoms with Crippen molar-refractivity contribution in [3.05, 3.63) is 42.0 Å². The Labute approximate surface area is 127 Å². The summed E-state index contributed by atoms with van der Waals surface area (Å²) < 4.78 is 20.8. The van der Waals surface area contributed by atoms with Gasteiger partial charge in [0.05, 0.1) is 25.0 Å². The largest absolute Gasteiger partial charge is 0.493 e. The first-order valence-corrected chi connectivity index (χ1v) is 7.63. The monoisotopic (exact) mass is 310 g/mol. The maximum atomic E-state index is 13.7. The molecule has 21 heavy (non-hydrogen) atoms. The third-order valence-corrected chi connectivity index (χ3v) is 4.28. The number of rotatable bonds is 7. The first-order chi connectivity index (χ1) is 10.2. The van der Waals surface area contributed by atoms with E-state index in [0.717, 1.165) is 5.69 Å². The Kier molecular flexibility index (Phi) is 5.60. The zero-order valence-corrected chi connectivity index (χ0v) is 12.9. The van der Waals surface area contributed by atoms with Crippen molar-refractivity contribution < 1.29 is 9.13 Å². The van der Waals surface area contributed by atoms with Crippen LogP contribution in [0.2, 0.25) is 0 Å². The lowest BCUT2D eigenvalue weighted by Crippen LogP contribution is -2.31. The van der Waals surface area contributed by atoms with Gasteiger partial charge in [-0.25, -0.2) is 4.39 Å². The van der Waals surface area contributed by atoms with Crippen molar-refractivity contribution in [1.82, 2.24) is 15.2 Å². The smallest absolute Gasteiger partial charge is 0.161 e. The molecule has 0 bridgehead atoms. The first-order valence-electron chi connectivity index (χ1n) is 6.64. The number of hydrazine groups is 1. The van der Waals surface area contributed by atoms with Gasteiger partial charge in [-0.3, -0.25) is 16.0 Å². The fraction of sp³-hybridized carbons (Fsp3) is 0.357. The van der Waals surface area contributed by atoms with E-state index in [9.17, 15) is 4.39 Å². The average Bonchev–Trinajstić information content (AvgIpc) is 2.92. The number of methoxy groups -OCH3 is 1. The summed E-state index contributed by atoms with van der Waals surface area (Å²) in [5.41, 5.74) is 3.63. The quantitative estimate of drug-likeness (QED) is 0.467. The third-order valence-electron chi connectivity index (χ3n) is 3.14. The number of ether oxygens (including phenoxy) is 1. The van der Waals surface area contributed by atoms with Gasteiger partial charge in [-0.2, -0.15) is 5.10 Å². The Morgan fingerprint density at radius 3 is 2.86 bits per heavy atom. The van der Waals surface area contributed by atoms with Crippen LogP contribution in [0.1, 0.15) is 18.7 Å². The van der Waals surface area contributed by atoms with Gasteiger partial charge in [0, 0.05) is 17.2 Å². The minimum atomic E-state index is -0.228. The summed E-state index contributed by atoms with van der Waals surface area (Å²) in [6.07, 6.45) is 1.66. The predicted molar refractivity (Wildman–Crippen MR) is 81.6 cm³/mol. The lowest BCUT2D eigenvalue weighted by atomic mass is 10.2. The molecule has 1 heterocycles. The number of benzene rings is 1. The summed E-state index contributed by atoms with van der Waals surface area (Å²) in [6.45, 7) is 2.70. The van der Waals surface area contributed by atoms with E-state index >= 15 is 0 Å². The maximum absolute atomic E-state index is 13.7. The Bertz CT molecular complexity index is 569. The van der Waals surface area contributed by atoms with Crippen LogP contribution >= 0.6 is 11.8 Å². The Morgan fingerprint density at radius 2 is 2.24 bits per heavy atom. The minimum Gasteiger partial charge on any atom is -0.493 e. The van der Waals surface area contributed by atoms with Crippen LogP contribution in [0.15, 0.2) is 35.4 Å². The number of hydrogen-bond donors (Lipinski definition) is 2. The highest BCUT2D eigenvalue weighted by atomic mass is 32.2. The van der Waals surface area contributed by atoms with Crippen molar-refractivity contribution in [3.63, 3.8) is 0 Å². The van der Waals surface area contributed by atoms with E-state index in [4.69, 9.17) is 10.6 Å². The van der Waals surface area contributed by atoms with E-state index < -0.39 is 0 Å². The summed E-state index contributed by atoms with van der Waals surface area (Å²) >= 11 is 1.40. The average molecular weight is 310 g/mol. The summed E-state index contributed by atoms with van der Waals surface area (Å²) in [5, 5.41) is 4.26. The fourth-order valence-electron chi connectivity index (χ4n) is 2.08. The van der Waals surface area contributed by atoms with Gasteiger partial charge < -0.3 is 4.74 Å². The van der Waals surface area contributed by atoms with Crippen LogP contribution < -0.4 is 16.0 Å². The number of aryl methyl sites for hydroxylation is 1. The summed E-state index contributed by atoms with van der Waals surface area (Å²) in [4.78, 5) is 0.597. The molecule has 3 N–H and O–H groups in total. The lowest BCUT2D eigenvalue weighted by Gasteiger charge is -2.18. The first kappa shape index (κ1) is 15.8. The van der Waals surface area contributed by atoms with E-state index in [2.05, 4.69) is 10.5 Å². The number of nitrogens with two attached hydrogens (primary N) is 1. The number of aromatic nitrogens is 2. The van der Waals surface area contributed by atoms with Crippen molar-refractivity contribution in [2.24, 2.45) is 5.84 Å². The van der Waals surface area contributed by atoms with E-state index in [1.54, 1.807) is 25.4 Å². The molecule has 0 saturated heterocycles. The lowest BCUT2D eigenvalue weighted by molar-refractivity contribution is 0.397. The van der Waals surface area contributed by atoms with Gasteiger partial charge in [0.2, 0.25) is 0 Å². The molecule has 0 spiro atoms. The van der Waals surface area contributed by atoms with Gasteiger partial charge in [0.15, 0.2) is 5.75 Å².